The smallest absolute Gasteiger partial charge is 0.261 e. The Bertz CT molecular complexity index is 815. The van der Waals surface area contributed by atoms with Crippen LogP contribution in [0.2, 0.25) is 5.02 Å². The van der Waals surface area contributed by atoms with Crippen molar-refractivity contribution in [2.45, 2.75) is 32.4 Å². The van der Waals surface area contributed by atoms with Gasteiger partial charge in [0.25, 0.3) is 5.91 Å². The first kappa shape index (κ1) is 18.4. The van der Waals surface area contributed by atoms with E-state index in [-0.39, 0.29) is 30.9 Å². The van der Waals surface area contributed by atoms with Crippen LogP contribution < -0.4 is 4.74 Å². The van der Waals surface area contributed by atoms with Crippen LogP contribution in [0, 0.1) is 5.82 Å². The van der Waals surface area contributed by atoms with Crippen LogP contribution in [-0.2, 0) is 11.3 Å². The van der Waals surface area contributed by atoms with Gasteiger partial charge in [-0.15, -0.1) is 0 Å². The summed E-state index contributed by atoms with van der Waals surface area (Å²) in [6.45, 7) is 1.41. The molecule has 0 radical (unpaired) electrons. The summed E-state index contributed by atoms with van der Waals surface area (Å²) >= 11 is 6.08. The third-order valence-corrected chi connectivity index (χ3v) is 4.66. The van der Waals surface area contributed by atoms with E-state index in [0.717, 1.165) is 12.8 Å². The first-order chi connectivity index (χ1) is 12.5. The quantitative estimate of drug-likeness (QED) is 0.679. The molecule has 2 aromatic rings. The molecule has 136 valence electrons. The minimum Gasteiger partial charge on any atom is -0.484 e. The lowest BCUT2D eigenvalue weighted by atomic mass is 10.1. The highest BCUT2D eigenvalue weighted by molar-refractivity contribution is 6.31. The number of amides is 1. The van der Waals surface area contributed by atoms with E-state index in [4.69, 9.17) is 16.3 Å². The summed E-state index contributed by atoms with van der Waals surface area (Å²) in [5, 5.41) is 0.304. The number of Topliss-reactive ketones (excluding diaryl/α,β-unsaturated/α-hetero) is 1. The van der Waals surface area contributed by atoms with Crippen LogP contribution in [0.4, 0.5) is 4.39 Å². The van der Waals surface area contributed by atoms with E-state index >= 15 is 0 Å². The van der Waals surface area contributed by atoms with Crippen LogP contribution in [0.3, 0.4) is 0 Å². The monoisotopic (exact) mass is 375 g/mol. The maximum absolute atomic E-state index is 14.0. The SMILES string of the molecule is CC(=O)c1cccc(OCC(=O)N(Cc2c(F)cccc2Cl)C2CC2)c1. The van der Waals surface area contributed by atoms with Gasteiger partial charge in [-0.3, -0.25) is 9.59 Å². The molecule has 2 aromatic carbocycles. The Hall–Kier alpha value is -2.40. The number of nitrogens with zero attached hydrogens (tertiary/aromatic N) is 1. The molecular formula is C20H19ClFNO3. The van der Waals surface area contributed by atoms with Gasteiger partial charge in [-0.2, -0.15) is 0 Å². The predicted molar refractivity (Wildman–Crippen MR) is 96.9 cm³/mol. The highest BCUT2D eigenvalue weighted by Crippen LogP contribution is 2.31. The minimum absolute atomic E-state index is 0.0735. The fourth-order valence-corrected chi connectivity index (χ4v) is 2.92. The molecule has 0 saturated heterocycles. The van der Waals surface area contributed by atoms with Crippen LogP contribution >= 0.6 is 11.6 Å². The van der Waals surface area contributed by atoms with Crippen molar-refractivity contribution in [3.63, 3.8) is 0 Å². The van der Waals surface area contributed by atoms with E-state index in [1.807, 2.05) is 0 Å². The zero-order valence-corrected chi connectivity index (χ0v) is 15.1. The largest absolute Gasteiger partial charge is 0.484 e. The minimum atomic E-state index is -0.425. The molecule has 1 saturated carbocycles. The highest BCUT2D eigenvalue weighted by Gasteiger charge is 2.33. The second kappa shape index (κ2) is 7.87. The molecule has 0 aliphatic heterocycles. The molecule has 4 nitrogen and oxygen atoms in total. The number of hydrogen-bond donors (Lipinski definition) is 0. The maximum atomic E-state index is 14.0. The van der Waals surface area contributed by atoms with Gasteiger partial charge in [-0.1, -0.05) is 29.8 Å². The number of ether oxygens (including phenoxy) is 1. The van der Waals surface area contributed by atoms with Gasteiger partial charge in [0.1, 0.15) is 11.6 Å². The van der Waals surface area contributed by atoms with Gasteiger partial charge in [0.2, 0.25) is 0 Å². The molecule has 0 bridgehead atoms. The predicted octanol–water partition coefficient (Wildman–Crippen LogP) is 4.25. The van der Waals surface area contributed by atoms with Crippen LogP contribution in [0.15, 0.2) is 42.5 Å². The van der Waals surface area contributed by atoms with Crippen molar-refractivity contribution in [2.75, 3.05) is 6.61 Å². The molecule has 0 spiro atoms. The fourth-order valence-electron chi connectivity index (χ4n) is 2.69. The van der Waals surface area contributed by atoms with Gasteiger partial charge in [0, 0.05) is 22.2 Å². The van der Waals surface area contributed by atoms with Crippen molar-refractivity contribution in [2.24, 2.45) is 0 Å². The normalized spacial score (nSPS) is 13.3. The average Bonchev–Trinajstić information content (AvgIpc) is 3.44. The lowest BCUT2D eigenvalue weighted by Gasteiger charge is -2.23. The Morgan fingerprint density at radius 3 is 2.62 bits per heavy atom. The van der Waals surface area contributed by atoms with E-state index in [2.05, 4.69) is 0 Å². The first-order valence-electron chi connectivity index (χ1n) is 8.42. The molecule has 0 aromatic heterocycles. The van der Waals surface area contributed by atoms with Crippen molar-refractivity contribution in [1.29, 1.82) is 0 Å². The Balaban J connectivity index is 1.68. The highest BCUT2D eigenvalue weighted by atomic mass is 35.5. The zero-order valence-electron chi connectivity index (χ0n) is 14.4. The fraction of sp³-hybridized carbons (Fsp3) is 0.300. The number of rotatable bonds is 7. The summed E-state index contributed by atoms with van der Waals surface area (Å²) in [6.07, 6.45) is 1.77. The first-order valence-corrected chi connectivity index (χ1v) is 8.79. The maximum Gasteiger partial charge on any atom is 0.261 e. The van der Waals surface area contributed by atoms with E-state index < -0.39 is 5.82 Å². The molecule has 0 heterocycles. The zero-order chi connectivity index (χ0) is 18.7. The van der Waals surface area contributed by atoms with Crippen molar-refractivity contribution >= 4 is 23.3 Å². The molecule has 0 N–H and O–H groups in total. The van der Waals surface area contributed by atoms with Crippen LogP contribution in [0.1, 0.15) is 35.7 Å². The summed E-state index contributed by atoms with van der Waals surface area (Å²) in [4.78, 5) is 25.7. The number of carbonyl (C=O) groups excluding carboxylic acids is 2. The van der Waals surface area contributed by atoms with Crippen molar-refractivity contribution in [1.82, 2.24) is 4.90 Å². The molecule has 1 aliphatic carbocycles. The van der Waals surface area contributed by atoms with E-state index in [0.29, 0.717) is 21.9 Å². The molecule has 6 heteroatoms. The van der Waals surface area contributed by atoms with Crippen molar-refractivity contribution < 1.29 is 18.7 Å². The summed E-state index contributed by atoms with van der Waals surface area (Å²) < 4.78 is 19.6. The summed E-state index contributed by atoms with van der Waals surface area (Å²) in [5.41, 5.74) is 0.833. The summed E-state index contributed by atoms with van der Waals surface area (Å²) in [6, 6.07) is 11.3. The van der Waals surface area contributed by atoms with E-state index in [1.54, 1.807) is 35.2 Å². The lowest BCUT2D eigenvalue weighted by Crippen LogP contribution is -2.36. The molecule has 3 rings (SSSR count). The topological polar surface area (TPSA) is 46.6 Å². The Morgan fingerprint density at radius 2 is 1.96 bits per heavy atom. The van der Waals surface area contributed by atoms with Gasteiger partial charge >= 0.3 is 0 Å². The van der Waals surface area contributed by atoms with Gasteiger partial charge in [0.15, 0.2) is 12.4 Å². The third-order valence-electron chi connectivity index (χ3n) is 4.30. The molecule has 1 fully saturated rings. The number of benzene rings is 2. The second-order valence-electron chi connectivity index (χ2n) is 6.33. The van der Waals surface area contributed by atoms with Crippen molar-refractivity contribution in [3.8, 4) is 5.75 Å². The molecule has 1 amide bonds. The molecule has 0 atom stereocenters. The van der Waals surface area contributed by atoms with Gasteiger partial charge in [-0.25, -0.2) is 4.39 Å². The Labute approximate surface area is 156 Å². The van der Waals surface area contributed by atoms with Gasteiger partial charge in [-0.05, 0) is 44.0 Å². The number of ketones is 1. The van der Waals surface area contributed by atoms with Gasteiger partial charge in [0.05, 0.1) is 6.54 Å². The molecular weight excluding hydrogens is 357 g/mol. The van der Waals surface area contributed by atoms with Gasteiger partial charge < -0.3 is 9.64 Å². The summed E-state index contributed by atoms with van der Waals surface area (Å²) in [5.74, 6) is -0.285. The van der Waals surface area contributed by atoms with Crippen LogP contribution in [-0.4, -0.2) is 29.2 Å². The average molecular weight is 376 g/mol. The number of halogens is 2. The van der Waals surface area contributed by atoms with E-state index in [9.17, 15) is 14.0 Å². The Morgan fingerprint density at radius 1 is 1.23 bits per heavy atom. The van der Waals surface area contributed by atoms with Crippen LogP contribution in [0.5, 0.6) is 5.75 Å². The van der Waals surface area contributed by atoms with Crippen molar-refractivity contribution in [3.05, 3.63) is 64.4 Å². The summed E-state index contributed by atoms with van der Waals surface area (Å²) in [7, 11) is 0. The second-order valence-corrected chi connectivity index (χ2v) is 6.73. The molecule has 0 unspecified atom stereocenters. The lowest BCUT2D eigenvalue weighted by molar-refractivity contribution is -0.134. The number of hydrogen-bond acceptors (Lipinski definition) is 3. The number of carbonyl (C=O) groups is 2. The standard InChI is InChI=1S/C20H19ClFNO3/c1-13(24)14-4-2-5-16(10-14)26-12-20(25)23(15-8-9-15)11-17-18(21)6-3-7-19(17)22/h2-7,10,15H,8-9,11-12H2,1H3. The molecule has 1 aliphatic rings. The Kier molecular flexibility index (Phi) is 5.57. The molecule has 26 heavy (non-hydrogen) atoms. The third kappa shape index (κ3) is 4.41. The van der Waals surface area contributed by atoms with Crippen LogP contribution in [0.25, 0.3) is 0 Å². The van der Waals surface area contributed by atoms with E-state index in [1.165, 1.54) is 19.1 Å².